The molecule has 25 heavy (non-hydrogen) atoms. The van der Waals surface area contributed by atoms with Gasteiger partial charge in [0.2, 0.25) is 0 Å². The van der Waals surface area contributed by atoms with Crippen LogP contribution < -0.4 is 0 Å². The lowest BCUT2D eigenvalue weighted by molar-refractivity contribution is 0.0688. The Labute approximate surface area is 156 Å². The summed E-state index contributed by atoms with van der Waals surface area (Å²) < 4.78 is 0. The van der Waals surface area contributed by atoms with Gasteiger partial charge in [0.15, 0.2) is 0 Å². The van der Waals surface area contributed by atoms with Gasteiger partial charge in [-0.3, -0.25) is 0 Å². The number of nitrogens with zero attached hydrogens (tertiary/aromatic N) is 1. The van der Waals surface area contributed by atoms with Gasteiger partial charge in [0.1, 0.15) is 0 Å². The van der Waals surface area contributed by atoms with Gasteiger partial charge in [0.05, 0.1) is 0 Å². The minimum Gasteiger partial charge on any atom is -0.365 e. The minimum atomic E-state index is 0.292. The van der Waals surface area contributed by atoms with Gasteiger partial charge in [0.25, 0.3) is 0 Å². The van der Waals surface area contributed by atoms with Crippen molar-refractivity contribution in [2.75, 3.05) is 0 Å². The molecule has 2 unspecified atom stereocenters. The van der Waals surface area contributed by atoms with Crippen LogP contribution in [-0.2, 0) is 0 Å². The lowest BCUT2D eigenvalue weighted by Crippen LogP contribution is -2.49. The number of hydrogen-bond donors (Lipinski definition) is 0. The second-order valence-electron chi connectivity index (χ2n) is 9.98. The first-order valence-corrected chi connectivity index (χ1v) is 11.0. The van der Waals surface area contributed by atoms with E-state index in [0.717, 1.165) is 17.9 Å². The highest BCUT2D eigenvalue weighted by molar-refractivity contribution is 5.34. The molecule has 2 fully saturated rings. The van der Waals surface area contributed by atoms with E-state index >= 15 is 0 Å². The molecular weight excluding hydrogens is 302 g/mol. The molecule has 0 bridgehead atoms. The standard InChI is InChI=1S/C24H41N/c1-7-19-13-12-14-20(8-2)21(19)25-22(18(3)4)24(17-23(25,5)6)15-10-9-11-16-24/h12-13,18,20,22H,7-11,14-17H2,1-6H3. The van der Waals surface area contributed by atoms with Crippen molar-refractivity contribution in [2.24, 2.45) is 17.3 Å². The summed E-state index contributed by atoms with van der Waals surface area (Å²) in [5, 5.41) is 0. The molecule has 0 aromatic carbocycles. The molecule has 1 heterocycles. The van der Waals surface area contributed by atoms with Gasteiger partial charge in [-0.05, 0) is 69.3 Å². The van der Waals surface area contributed by atoms with Crippen LogP contribution in [-0.4, -0.2) is 16.5 Å². The zero-order valence-electron chi connectivity index (χ0n) is 17.7. The topological polar surface area (TPSA) is 3.24 Å². The summed E-state index contributed by atoms with van der Waals surface area (Å²) in [6.45, 7) is 14.8. The van der Waals surface area contributed by atoms with Gasteiger partial charge in [-0.25, -0.2) is 0 Å². The maximum Gasteiger partial charge on any atom is 0.0372 e. The summed E-state index contributed by atoms with van der Waals surface area (Å²) in [6.07, 6.45) is 17.2. The van der Waals surface area contributed by atoms with E-state index in [9.17, 15) is 0 Å². The van der Waals surface area contributed by atoms with E-state index in [4.69, 9.17) is 0 Å². The predicted molar refractivity (Wildman–Crippen MR) is 110 cm³/mol. The molecule has 1 saturated heterocycles. The van der Waals surface area contributed by atoms with Crippen LogP contribution in [0.5, 0.6) is 0 Å². The summed E-state index contributed by atoms with van der Waals surface area (Å²) in [5.74, 6) is 1.45. The Bertz CT molecular complexity index is 530. The summed E-state index contributed by atoms with van der Waals surface area (Å²) in [5.41, 5.74) is 4.19. The maximum absolute atomic E-state index is 2.97. The van der Waals surface area contributed by atoms with Gasteiger partial charge in [-0.1, -0.05) is 59.1 Å². The highest BCUT2D eigenvalue weighted by Gasteiger charge is 2.57. The fourth-order valence-electron chi connectivity index (χ4n) is 6.76. The van der Waals surface area contributed by atoms with Gasteiger partial charge in [-0.2, -0.15) is 0 Å². The molecule has 0 aromatic rings. The molecular formula is C24H41N. The Morgan fingerprint density at radius 2 is 1.80 bits per heavy atom. The van der Waals surface area contributed by atoms with Crippen molar-refractivity contribution >= 4 is 0 Å². The van der Waals surface area contributed by atoms with Gasteiger partial charge in [-0.15, -0.1) is 0 Å². The molecule has 2 atom stereocenters. The Balaban J connectivity index is 2.11. The highest BCUT2D eigenvalue weighted by Crippen LogP contribution is 2.59. The fraction of sp³-hybridized carbons (Fsp3) is 0.833. The number of likely N-dealkylation sites (tertiary alicyclic amines) is 1. The van der Waals surface area contributed by atoms with E-state index in [1.54, 1.807) is 11.3 Å². The molecule has 0 amide bonds. The fourth-order valence-corrected chi connectivity index (χ4v) is 6.76. The molecule has 1 spiro atoms. The number of rotatable bonds is 4. The van der Waals surface area contributed by atoms with Crippen molar-refractivity contribution < 1.29 is 0 Å². The normalized spacial score (nSPS) is 31.4. The first-order chi connectivity index (χ1) is 11.9. The van der Waals surface area contributed by atoms with E-state index in [1.807, 2.05) is 0 Å². The summed E-state index contributed by atoms with van der Waals surface area (Å²) >= 11 is 0. The largest absolute Gasteiger partial charge is 0.365 e. The van der Waals surface area contributed by atoms with Crippen LogP contribution in [0.1, 0.15) is 99.3 Å². The van der Waals surface area contributed by atoms with Crippen LogP contribution in [0.15, 0.2) is 23.4 Å². The monoisotopic (exact) mass is 343 g/mol. The SMILES string of the molecule is CCC1=C(N2C(C(C)C)C3(CCCCC3)CC2(C)C)C(CC)CC=C1. The Morgan fingerprint density at radius 1 is 1.12 bits per heavy atom. The lowest BCUT2D eigenvalue weighted by atomic mass is 9.65. The molecule has 1 saturated carbocycles. The number of allylic oxidation sites excluding steroid dienone is 4. The molecule has 142 valence electrons. The Hall–Kier alpha value is -0.720. The highest BCUT2D eigenvalue weighted by atomic mass is 15.3. The second kappa shape index (κ2) is 7.12. The van der Waals surface area contributed by atoms with E-state index in [2.05, 4.69) is 58.6 Å². The summed E-state index contributed by atoms with van der Waals surface area (Å²) in [4.78, 5) is 2.97. The molecule has 3 rings (SSSR count). The van der Waals surface area contributed by atoms with Gasteiger partial charge in [0, 0.05) is 23.2 Å². The molecule has 1 aliphatic heterocycles. The summed E-state index contributed by atoms with van der Waals surface area (Å²) in [7, 11) is 0. The molecule has 3 aliphatic rings. The van der Waals surface area contributed by atoms with E-state index in [-0.39, 0.29) is 0 Å². The van der Waals surface area contributed by atoms with Crippen LogP contribution in [0.2, 0.25) is 0 Å². The zero-order valence-corrected chi connectivity index (χ0v) is 17.7. The van der Waals surface area contributed by atoms with Crippen molar-refractivity contribution in [1.82, 2.24) is 4.90 Å². The quantitative estimate of drug-likeness (QED) is 0.526. The average Bonchev–Trinajstić information content (AvgIpc) is 2.80. The third-order valence-electron chi connectivity index (χ3n) is 7.41. The molecule has 0 N–H and O–H groups in total. The second-order valence-corrected chi connectivity index (χ2v) is 9.98. The maximum atomic E-state index is 2.97. The molecule has 0 aromatic heterocycles. The third-order valence-corrected chi connectivity index (χ3v) is 7.41. The molecule has 1 heteroatoms. The van der Waals surface area contributed by atoms with Crippen molar-refractivity contribution in [3.8, 4) is 0 Å². The zero-order chi connectivity index (χ0) is 18.2. The Kier molecular flexibility index (Phi) is 5.43. The van der Waals surface area contributed by atoms with Crippen molar-refractivity contribution in [1.29, 1.82) is 0 Å². The van der Waals surface area contributed by atoms with Crippen LogP contribution in [0.3, 0.4) is 0 Å². The minimum absolute atomic E-state index is 0.292. The third kappa shape index (κ3) is 3.21. The lowest BCUT2D eigenvalue weighted by Gasteiger charge is -2.48. The first kappa shape index (κ1) is 19.1. The Morgan fingerprint density at radius 3 is 2.36 bits per heavy atom. The van der Waals surface area contributed by atoms with E-state index in [0.29, 0.717) is 11.0 Å². The molecule has 1 nitrogen and oxygen atoms in total. The van der Waals surface area contributed by atoms with Crippen molar-refractivity contribution in [3.63, 3.8) is 0 Å². The molecule has 2 aliphatic carbocycles. The van der Waals surface area contributed by atoms with E-state index in [1.165, 1.54) is 57.8 Å². The average molecular weight is 344 g/mol. The van der Waals surface area contributed by atoms with Crippen LogP contribution in [0.25, 0.3) is 0 Å². The predicted octanol–water partition coefficient (Wildman–Crippen LogP) is 7.10. The smallest absolute Gasteiger partial charge is 0.0372 e. The van der Waals surface area contributed by atoms with E-state index < -0.39 is 0 Å². The first-order valence-electron chi connectivity index (χ1n) is 11.0. The summed E-state index contributed by atoms with van der Waals surface area (Å²) in [6, 6.07) is 0.722. The van der Waals surface area contributed by atoms with Crippen LogP contribution in [0.4, 0.5) is 0 Å². The van der Waals surface area contributed by atoms with Crippen molar-refractivity contribution in [2.45, 2.75) is 111 Å². The van der Waals surface area contributed by atoms with Crippen LogP contribution in [0, 0.1) is 17.3 Å². The van der Waals surface area contributed by atoms with Gasteiger partial charge >= 0.3 is 0 Å². The number of hydrogen-bond acceptors (Lipinski definition) is 1. The van der Waals surface area contributed by atoms with Crippen molar-refractivity contribution in [3.05, 3.63) is 23.4 Å². The molecule has 0 radical (unpaired) electrons. The van der Waals surface area contributed by atoms with Gasteiger partial charge < -0.3 is 4.90 Å². The van der Waals surface area contributed by atoms with Crippen LogP contribution >= 0.6 is 0 Å².